The van der Waals surface area contributed by atoms with Crippen LogP contribution in [-0.4, -0.2) is 35.7 Å². The first-order valence-electron chi connectivity index (χ1n) is 8.02. The van der Waals surface area contributed by atoms with Gasteiger partial charge in [-0.05, 0) is 56.8 Å². The largest absolute Gasteiger partial charge is 0.340 e. The molecule has 0 aromatic heterocycles. The Morgan fingerprint density at radius 1 is 1.22 bits per heavy atom. The highest BCUT2D eigenvalue weighted by molar-refractivity contribution is 5.98. The Hall–Kier alpha value is -1.39. The highest BCUT2D eigenvalue weighted by Gasteiger charge is 2.31. The third kappa shape index (κ3) is 4.79. The van der Waals surface area contributed by atoms with Crippen LogP contribution in [0.4, 0.5) is 0 Å². The number of hydrogen-bond donors (Lipinski definition) is 1. The number of nitrogens with zero attached hydrogens (tertiary/aromatic N) is 1. The molecule has 1 aliphatic rings. The molecular formula is C18H27ClN2O2. The van der Waals surface area contributed by atoms with Gasteiger partial charge >= 0.3 is 0 Å². The van der Waals surface area contributed by atoms with Crippen molar-refractivity contribution >= 4 is 24.1 Å². The minimum atomic E-state index is 0. The van der Waals surface area contributed by atoms with Gasteiger partial charge in [-0.15, -0.1) is 12.4 Å². The molecule has 2 N–H and O–H groups in total. The van der Waals surface area contributed by atoms with Crippen LogP contribution >= 0.6 is 12.4 Å². The van der Waals surface area contributed by atoms with Crippen molar-refractivity contribution in [1.82, 2.24) is 4.90 Å². The standard InChI is InChI=1S/C18H26N2O2.ClH/c1-12-4-5-16(8-13(12)2)17(21)6-7-18(22)20-11-15(10-19)9-14(20)3;/h4-5,8,14-15H,6-7,9-11,19H2,1-3H3;1H. The molecule has 1 heterocycles. The Morgan fingerprint density at radius 3 is 2.48 bits per heavy atom. The highest BCUT2D eigenvalue weighted by Crippen LogP contribution is 2.23. The number of carbonyl (C=O) groups excluding carboxylic acids is 2. The van der Waals surface area contributed by atoms with Gasteiger partial charge in [-0.2, -0.15) is 0 Å². The van der Waals surface area contributed by atoms with Crippen LogP contribution < -0.4 is 5.73 Å². The summed E-state index contributed by atoms with van der Waals surface area (Å²) in [6, 6.07) is 5.94. The van der Waals surface area contributed by atoms with Crippen molar-refractivity contribution in [2.45, 2.75) is 46.1 Å². The molecule has 0 radical (unpaired) electrons. The lowest BCUT2D eigenvalue weighted by molar-refractivity contribution is -0.131. The maximum Gasteiger partial charge on any atom is 0.223 e. The molecule has 128 valence electrons. The van der Waals surface area contributed by atoms with E-state index in [1.54, 1.807) is 0 Å². The molecule has 2 rings (SSSR count). The summed E-state index contributed by atoms with van der Waals surface area (Å²) >= 11 is 0. The van der Waals surface area contributed by atoms with E-state index in [9.17, 15) is 9.59 Å². The van der Waals surface area contributed by atoms with Gasteiger partial charge in [0.1, 0.15) is 0 Å². The topological polar surface area (TPSA) is 63.4 Å². The predicted molar refractivity (Wildman–Crippen MR) is 95.1 cm³/mol. The van der Waals surface area contributed by atoms with E-state index in [1.165, 1.54) is 5.56 Å². The van der Waals surface area contributed by atoms with Gasteiger partial charge in [0.25, 0.3) is 0 Å². The molecule has 0 spiro atoms. The van der Waals surface area contributed by atoms with Crippen LogP contribution in [0.5, 0.6) is 0 Å². The Labute approximate surface area is 144 Å². The van der Waals surface area contributed by atoms with Crippen LogP contribution in [0.1, 0.15) is 47.7 Å². The molecule has 1 fully saturated rings. The first-order chi connectivity index (χ1) is 10.4. The molecule has 0 aliphatic carbocycles. The number of amides is 1. The van der Waals surface area contributed by atoms with Crippen molar-refractivity contribution < 1.29 is 9.59 Å². The molecular weight excluding hydrogens is 312 g/mol. The lowest BCUT2D eigenvalue weighted by Gasteiger charge is -2.21. The predicted octanol–water partition coefficient (Wildman–Crippen LogP) is 2.88. The fraction of sp³-hybridized carbons (Fsp3) is 0.556. The van der Waals surface area contributed by atoms with Crippen LogP contribution in [-0.2, 0) is 4.79 Å². The monoisotopic (exact) mass is 338 g/mol. The van der Waals surface area contributed by atoms with Crippen molar-refractivity contribution in [3.05, 3.63) is 34.9 Å². The Balaban J connectivity index is 0.00000264. The van der Waals surface area contributed by atoms with E-state index >= 15 is 0 Å². The zero-order valence-corrected chi connectivity index (χ0v) is 15.0. The molecule has 1 aromatic carbocycles. The van der Waals surface area contributed by atoms with Crippen molar-refractivity contribution in [3.63, 3.8) is 0 Å². The second-order valence-electron chi connectivity index (χ2n) is 6.45. The summed E-state index contributed by atoms with van der Waals surface area (Å²) < 4.78 is 0. The normalized spacial score (nSPS) is 20.3. The zero-order valence-electron chi connectivity index (χ0n) is 14.2. The molecule has 0 bridgehead atoms. The highest BCUT2D eigenvalue weighted by atomic mass is 35.5. The molecule has 23 heavy (non-hydrogen) atoms. The fourth-order valence-corrected chi connectivity index (χ4v) is 3.08. The van der Waals surface area contributed by atoms with E-state index in [4.69, 9.17) is 5.73 Å². The van der Waals surface area contributed by atoms with Crippen molar-refractivity contribution in [1.29, 1.82) is 0 Å². The number of nitrogens with two attached hydrogens (primary N) is 1. The Bertz CT molecular complexity index is 574. The van der Waals surface area contributed by atoms with Crippen molar-refractivity contribution in [2.24, 2.45) is 11.7 Å². The van der Waals surface area contributed by atoms with E-state index < -0.39 is 0 Å². The second kappa shape index (κ2) is 8.46. The smallest absolute Gasteiger partial charge is 0.223 e. The maximum absolute atomic E-state index is 12.3. The van der Waals surface area contributed by atoms with E-state index in [-0.39, 0.29) is 43.0 Å². The van der Waals surface area contributed by atoms with Crippen LogP contribution in [0.15, 0.2) is 18.2 Å². The van der Waals surface area contributed by atoms with Crippen LogP contribution in [0.2, 0.25) is 0 Å². The lowest BCUT2D eigenvalue weighted by Crippen LogP contribution is -2.34. The number of Topliss-reactive ketones (excluding diaryl/α,β-unsaturated/α-hetero) is 1. The van der Waals surface area contributed by atoms with E-state index in [1.807, 2.05) is 36.9 Å². The molecule has 1 amide bonds. The van der Waals surface area contributed by atoms with Gasteiger partial charge in [0.2, 0.25) is 5.91 Å². The summed E-state index contributed by atoms with van der Waals surface area (Å²) in [5, 5.41) is 0. The van der Waals surface area contributed by atoms with Gasteiger partial charge in [-0.25, -0.2) is 0 Å². The van der Waals surface area contributed by atoms with Gasteiger partial charge in [-0.1, -0.05) is 12.1 Å². The number of rotatable bonds is 5. The summed E-state index contributed by atoms with van der Waals surface area (Å²) in [7, 11) is 0. The van der Waals surface area contributed by atoms with Crippen molar-refractivity contribution in [3.8, 4) is 0 Å². The third-order valence-electron chi connectivity index (χ3n) is 4.71. The van der Waals surface area contributed by atoms with E-state index in [0.717, 1.165) is 18.5 Å². The lowest BCUT2D eigenvalue weighted by atomic mass is 10.0. The van der Waals surface area contributed by atoms with E-state index in [0.29, 0.717) is 18.0 Å². The van der Waals surface area contributed by atoms with Crippen LogP contribution in [0, 0.1) is 19.8 Å². The molecule has 4 nitrogen and oxygen atoms in total. The van der Waals surface area contributed by atoms with Crippen molar-refractivity contribution in [2.75, 3.05) is 13.1 Å². The number of aryl methyl sites for hydroxylation is 2. The SMILES string of the molecule is Cc1ccc(C(=O)CCC(=O)N2CC(CN)CC2C)cc1C.Cl. The van der Waals surface area contributed by atoms with Gasteiger partial charge in [0, 0.05) is 31.0 Å². The first kappa shape index (κ1) is 19.7. The average molecular weight is 339 g/mol. The minimum absolute atomic E-state index is 0. The molecule has 2 unspecified atom stereocenters. The van der Waals surface area contributed by atoms with Gasteiger partial charge in [-0.3, -0.25) is 9.59 Å². The summed E-state index contributed by atoms with van der Waals surface area (Å²) in [5.41, 5.74) is 8.67. The second-order valence-corrected chi connectivity index (χ2v) is 6.45. The number of carbonyl (C=O) groups is 2. The van der Waals surface area contributed by atoms with Gasteiger partial charge < -0.3 is 10.6 Å². The number of ketones is 1. The summed E-state index contributed by atoms with van der Waals surface area (Å²) in [5.74, 6) is 0.508. The first-order valence-corrected chi connectivity index (χ1v) is 8.02. The average Bonchev–Trinajstić information content (AvgIpc) is 2.88. The van der Waals surface area contributed by atoms with E-state index in [2.05, 4.69) is 6.92 Å². The molecule has 1 aromatic rings. The minimum Gasteiger partial charge on any atom is -0.340 e. The molecule has 2 atom stereocenters. The molecule has 5 heteroatoms. The Kier molecular flexibility index (Phi) is 7.23. The van der Waals surface area contributed by atoms with Crippen LogP contribution in [0.25, 0.3) is 0 Å². The number of likely N-dealkylation sites (tertiary alicyclic amines) is 1. The summed E-state index contributed by atoms with van der Waals surface area (Å²) in [4.78, 5) is 26.4. The molecule has 1 saturated heterocycles. The molecule has 1 aliphatic heterocycles. The fourth-order valence-electron chi connectivity index (χ4n) is 3.08. The number of hydrogen-bond acceptors (Lipinski definition) is 3. The quantitative estimate of drug-likeness (QED) is 0.840. The number of halogens is 1. The maximum atomic E-state index is 12.3. The molecule has 0 saturated carbocycles. The van der Waals surface area contributed by atoms with Gasteiger partial charge in [0.05, 0.1) is 0 Å². The third-order valence-corrected chi connectivity index (χ3v) is 4.71. The summed E-state index contributed by atoms with van der Waals surface area (Å²) in [6.45, 7) is 7.43. The van der Waals surface area contributed by atoms with Gasteiger partial charge in [0.15, 0.2) is 5.78 Å². The zero-order chi connectivity index (χ0) is 16.3. The number of benzene rings is 1. The van der Waals surface area contributed by atoms with Crippen LogP contribution in [0.3, 0.4) is 0 Å². The Morgan fingerprint density at radius 2 is 1.91 bits per heavy atom. The summed E-state index contributed by atoms with van der Waals surface area (Å²) in [6.07, 6.45) is 1.53.